The highest BCUT2D eigenvalue weighted by atomic mass is 16.5. The predicted molar refractivity (Wildman–Crippen MR) is 112 cm³/mol. The van der Waals surface area contributed by atoms with E-state index in [4.69, 9.17) is 4.74 Å². The number of rotatable bonds is 6. The molecule has 1 aliphatic heterocycles. The van der Waals surface area contributed by atoms with Crippen LogP contribution in [0.15, 0.2) is 60.0 Å². The highest BCUT2D eigenvalue weighted by Gasteiger charge is 2.22. The van der Waals surface area contributed by atoms with Gasteiger partial charge in [0.15, 0.2) is 0 Å². The standard InChI is InChI=1S/C22H25N5O2/c1-2-4-17-14-24-22(25-15-17)26-10-6-19(7-11-26)29-20-8-12-27(21(28)13-20)18-5-3-9-23-16-18/h3,5,8-9,12-16,19H,2,4,6-7,10-11H2,1H3. The molecule has 0 bridgehead atoms. The lowest BCUT2D eigenvalue weighted by Gasteiger charge is -2.32. The van der Waals surface area contributed by atoms with Crippen molar-refractivity contribution >= 4 is 5.95 Å². The molecule has 0 aromatic carbocycles. The number of pyridine rings is 2. The van der Waals surface area contributed by atoms with E-state index in [1.165, 1.54) is 11.6 Å². The summed E-state index contributed by atoms with van der Waals surface area (Å²) in [6.45, 7) is 3.83. The topological polar surface area (TPSA) is 73.1 Å². The third kappa shape index (κ3) is 4.62. The van der Waals surface area contributed by atoms with Gasteiger partial charge in [0.2, 0.25) is 5.95 Å². The number of hydrogen-bond donors (Lipinski definition) is 0. The molecule has 7 heteroatoms. The van der Waals surface area contributed by atoms with Crippen LogP contribution in [0.2, 0.25) is 0 Å². The first-order chi connectivity index (χ1) is 14.2. The summed E-state index contributed by atoms with van der Waals surface area (Å²) < 4.78 is 7.62. The Balaban J connectivity index is 1.35. The molecule has 4 heterocycles. The molecule has 1 fully saturated rings. The molecule has 3 aromatic heterocycles. The molecule has 3 aromatic rings. The van der Waals surface area contributed by atoms with Crippen molar-refractivity contribution in [1.29, 1.82) is 0 Å². The molecule has 0 saturated carbocycles. The molecule has 0 unspecified atom stereocenters. The number of ether oxygens (including phenoxy) is 1. The zero-order valence-electron chi connectivity index (χ0n) is 16.6. The number of aryl methyl sites for hydroxylation is 1. The first kappa shape index (κ1) is 19.1. The molecule has 1 saturated heterocycles. The van der Waals surface area contributed by atoms with Crippen molar-refractivity contribution in [3.8, 4) is 11.4 Å². The zero-order valence-corrected chi connectivity index (χ0v) is 16.6. The lowest BCUT2D eigenvalue weighted by atomic mass is 10.1. The Morgan fingerprint density at radius 3 is 2.59 bits per heavy atom. The van der Waals surface area contributed by atoms with E-state index in [1.54, 1.807) is 29.2 Å². The predicted octanol–water partition coefficient (Wildman–Crippen LogP) is 3.02. The van der Waals surface area contributed by atoms with Crippen LogP contribution in [-0.4, -0.2) is 38.7 Å². The molecule has 150 valence electrons. The lowest BCUT2D eigenvalue weighted by molar-refractivity contribution is 0.170. The van der Waals surface area contributed by atoms with Crippen LogP contribution in [0.1, 0.15) is 31.7 Å². The minimum absolute atomic E-state index is 0.0826. The van der Waals surface area contributed by atoms with E-state index in [0.717, 1.165) is 50.4 Å². The highest BCUT2D eigenvalue weighted by molar-refractivity contribution is 5.32. The van der Waals surface area contributed by atoms with E-state index in [1.807, 2.05) is 24.5 Å². The Morgan fingerprint density at radius 1 is 1.14 bits per heavy atom. The molecular weight excluding hydrogens is 366 g/mol. The average Bonchev–Trinajstić information content (AvgIpc) is 2.76. The molecule has 0 atom stereocenters. The summed E-state index contributed by atoms with van der Waals surface area (Å²) >= 11 is 0. The monoisotopic (exact) mass is 391 g/mol. The molecule has 4 rings (SSSR count). The van der Waals surface area contributed by atoms with Crippen molar-refractivity contribution in [2.24, 2.45) is 0 Å². The van der Waals surface area contributed by atoms with Crippen molar-refractivity contribution in [2.75, 3.05) is 18.0 Å². The Morgan fingerprint density at radius 2 is 1.93 bits per heavy atom. The van der Waals surface area contributed by atoms with Gasteiger partial charge < -0.3 is 9.64 Å². The van der Waals surface area contributed by atoms with Crippen molar-refractivity contribution < 1.29 is 4.74 Å². The van der Waals surface area contributed by atoms with Crippen molar-refractivity contribution in [2.45, 2.75) is 38.7 Å². The first-order valence-electron chi connectivity index (χ1n) is 10.1. The fourth-order valence-corrected chi connectivity index (χ4v) is 3.54. The Bertz CT molecular complexity index is 980. The Labute approximate surface area is 170 Å². The van der Waals surface area contributed by atoms with Gasteiger partial charge in [0.1, 0.15) is 11.9 Å². The fourth-order valence-electron chi connectivity index (χ4n) is 3.54. The van der Waals surface area contributed by atoms with Crippen LogP contribution < -0.4 is 15.2 Å². The van der Waals surface area contributed by atoms with E-state index < -0.39 is 0 Å². The molecule has 0 amide bonds. The van der Waals surface area contributed by atoms with E-state index >= 15 is 0 Å². The number of hydrogen-bond acceptors (Lipinski definition) is 6. The minimum atomic E-state index is -0.131. The van der Waals surface area contributed by atoms with Crippen molar-refractivity contribution in [1.82, 2.24) is 19.5 Å². The van der Waals surface area contributed by atoms with Gasteiger partial charge in [-0.25, -0.2) is 9.97 Å². The van der Waals surface area contributed by atoms with Gasteiger partial charge in [-0.05, 0) is 30.2 Å². The van der Waals surface area contributed by atoms with Gasteiger partial charge in [-0.2, -0.15) is 0 Å². The van der Waals surface area contributed by atoms with Crippen LogP contribution in [0.3, 0.4) is 0 Å². The summed E-state index contributed by atoms with van der Waals surface area (Å²) in [4.78, 5) is 27.7. The van der Waals surface area contributed by atoms with E-state index in [0.29, 0.717) is 5.75 Å². The summed E-state index contributed by atoms with van der Waals surface area (Å²) in [6.07, 6.45) is 12.8. The fraction of sp³-hybridized carbons (Fsp3) is 0.364. The summed E-state index contributed by atoms with van der Waals surface area (Å²) in [7, 11) is 0. The van der Waals surface area contributed by atoms with Crippen molar-refractivity contribution in [3.05, 3.63) is 71.2 Å². The van der Waals surface area contributed by atoms with Crippen LogP contribution in [0.25, 0.3) is 5.69 Å². The molecule has 0 spiro atoms. The van der Waals surface area contributed by atoms with Crippen LogP contribution in [-0.2, 0) is 6.42 Å². The normalized spacial score (nSPS) is 14.7. The maximum absolute atomic E-state index is 12.4. The second-order valence-electron chi connectivity index (χ2n) is 7.23. The second kappa shape index (κ2) is 8.86. The molecule has 29 heavy (non-hydrogen) atoms. The number of nitrogens with zero attached hydrogens (tertiary/aromatic N) is 5. The summed E-state index contributed by atoms with van der Waals surface area (Å²) in [6, 6.07) is 7.02. The van der Waals surface area contributed by atoms with Gasteiger partial charge in [0, 0.05) is 56.8 Å². The van der Waals surface area contributed by atoms with Gasteiger partial charge in [0.05, 0.1) is 11.9 Å². The molecule has 0 radical (unpaired) electrons. The minimum Gasteiger partial charge on any atom is -0.490 e. The summed E-state index contributed by atoms with van der Waals surface area (Å²) in [5, 5.41) is 0. The van der Waals surface area contributed by atoms with Gasteiger partial charge in [-0.1, -0.05) is 13.3 Å². The quantitative estimate of drug-likeness (QED) is 0.643. The zero-order chi connectivity index (χ0) is 20.1. The van der Waals surface area contributed by atoms with Crippen LogP contribution >= 0.6 is 0 Å². The number of anilines is 1. The summed E-state index contributed by atoms with van der Waals surface area (Å²) in [5.74, 6) is 1.39. The molecular formula is C22H25N5O2. The maximum Gasteiger partial charge on any atom is 0.258 e. The molecule has 7 nitrogen and oxygen atoms in total. The molecule has 0 N–H and O–H groups in total. The van der Waals surface area contributed by atoms with Gasteiger partial charge in [-0.15, -0.1) is 0 Å². The van der Waals surface area contributed by atoms with E-state index in [9.17, 15) is 4.79 Å². The van der Waals surface area contributed by atoms with Crippen LogP contribution in [0, 0.1) is 0 Å². The van der Waals surface area contributed by atoms with Gasteiger partial charge in [0.25, 0.3) is 5.56 Å². The molecule has 0 aliphatic carbocycles. The average molecular weight is 391 g/mol. The van der Waals surface area contributed by atoms with Gasteiger partial charge in [-0.3, -0.25) is 14.3 Å². The molecule has 1 aliphatic rings. The van der Waals surface area contributed by atoms with E-state index in [-0.39, 0.29) is 11.7 Å². The third-order valence-electron chi connectivity index (χ3n) is 5.07. The smallest absolute Gasteiger partial charge is 0.258 e. The number of piperidine rings is 1. The SMILES string of the molecule is CCCc1cnc(N2CCC(Oc3ccn(-c4cccnc4)c(=O)c3)CC2)nc1. The second-order valence-corrected chi connectivity index (χ2v) is 7.23. The highest BCUT2D eigenvalue weighted by Crippen LogP contribution is 2.20. The first-order valence-corrected chi connectivity index (χ1v) is 10.1. The van der Waals surface area contributed by atoms with Crippen molar-refractivity contribution in [3.63, 3.8) is 0 Å². The Hall–Kier alpha value is -3.22. The largest absolute Gasteiger partial charge is 0.490 e. The number of aromatic nitrogens is 4. The Kier molecular flexibility index (Phi) is 5.84. The van der Waals surface area contributed by atoms with Crippen LogP contribution in [0.5, 0.6) is 5.75 Å². The third-order valence-corrected chi connectivity index (χ3v) is 5.07. The van der Waals surface area contributed by atoms with Crippen LogP contribution in [0.4, 0.5) is 5.95 Å². The van der Waals surface area contributed by atoms with E-state index in [2.05, 4.69) is 26.8 Å². The lowest BCUT2D eigenvalue weighted by Crippen LogP contribution is -2.39. The van der Waals surface area contributed by atoms with Gasteiger partial charge >= 0.3 is 0 Å². The summed E-state index contributed by atoms with van der Waals surface area (Å²) in [5.41, 5.74) is 1.78. The maximum atomic E-state index is 12.4.